The molecule has 1 saturated heterocycles. The molecule has 1 unspecified atom stereocenters. The van der Waals surface area contributed by atoms with Crippen LogP contribution in [0.4, 0.5) is 0 Å². The van der Waals surface area contributed by atoms with E-state index >= 15 is 0 Å². The van der Waals surface area contributed by atoms with Crippen molar-refractivity contribution in [2.75, 3.05) is 19.8 Å². The Hall–Kier alpha value is -0.610. The van der Waals surface area contributed by atoms with Crippen molar-refractivity contribution in [1.29, 1.82) is 0 Å². The van der Waals surface area contributed by atoms with Gasteiger partial charge >= 0.3 is 0 Å². The molecule has 16 heavy (non-hydrogen) atoms. The SMILES string of the molecule is CCC(C)CC(=O)NCC1(O)CCOCC1. The summed E-state index contributed by atoms with van der Waals surface area (Å²) in [6.45, 7) is 5.65. The summed E-state index contributed by atoms with van der Waals surface area (Å²) in [4.78, 5) is 11.5. The van der Waals surface area contributed by atoms with E-state index < -0.39 is 5.60 Å². The van der Waals surface area contributed by atoms with Crippen LogP contribution in [-0.4, -0.2) is 36.4 Å². The molecule has 1 atom stereocenters. The summed E-state index contributed by atoms with van der Waals surface area (Å²) in [6.07, 6.45) is 2.77. The highest BCUT2D eigenvalue weighted by Gasteiger charge is 2.30. The van der Waals surface area contributed by atoms with Gasteiger partial charge in [0.05, 0.1) is 5.60 Å². The van der Waals surface area contributed by atoms with Crippen LogP contribution in [-0.2, 0) is 9.53 Å². The molecule has 4 heteroatoms. The molecule has 1 aliphatic rings. The lowest BCUT2D eigenvalue weighted by molar-refractivity contribution is -0.124. The fourth-order valence-electron chi connectivity index (χ4n) is 1.72. The first kappa shape index (κ1) is 13.5. The average molecular weight is 229 g/mol. The fourth-order valence-corrected chi connectivity index (χ4v) is 1.72. The van der Waals surface area contributed by atoms with Crippen molar-refractivity contribution < 1.29 is 14.6 Å². The maximum atomic E-state index is 11.5. The van der Waals surface area contributed by atoms with Crippen LogP contribution in [0.15, 0.2) is 0 Å². The van der Waals surface area contributed by atoms with Crippen LogP contribution in [0.2, 0.25) is 0 Å². The van der Waals surface area contributed by atoms with Crippen LogP contribution in [0.1, 0.15) is 39.5 Å². The molecule has 1 fully saturated rings. The number of nitrogens with one attached hydrogen (secondary N) is 1. The average Bonchev–Trinajstić information content (AvgIpc) is 2.27. The smallest absolute Gasteiger partial charge is 0.220 e. The molecule has 2 N–H and O–H groups in total. The molecule has 0 aromatic rings. The Morgan fingerprint density at radius 3 is 2.69 bits per heavy atom. The lowest BCUT2D eigenvalue weighted by Gasteiger charge is -2.32. The predicted molar refractivity (Wildman–Crippen MR) is 62.1 cm³/mol. The molecule has 0 bridgehead atoms. The number of carbonyl (C=O) groups excluding carboxylic acids is 1. The van der Waals surface area contributed by atoms with Gasteiger partial charge in [0.15, 0.2) is 0 Å². The minimum atomic E-state index is -0.761. The monoisotopic (exact) mass is 229 g/mol. The van der Waals surface area contributed by atoms with Gasteiger partial charge in [0.1, 0.15) is 0 Å². The quantitative estimate of drug-likeness (QED) is 0.741. The zero-order chi connectivity index (χ0) is 12.0. The Labute approximate surface area is 97.4 Å². The van der Waals surface area contributed by atoms with Gasteiger partial charge in [0.25, 0.3) is 0 Å². The van der Waals surface area contributed by atoms with E-state index in [9.17, 15) is 9.90 Å². The van der Waals surface area contributed by atoms with Crippen molar-refractivity contribution in [2.24, 2.45) is 5.92 Å². The van der Waals surface area contributed by atoms with Crippen LogP contribution in [0.3, 0.4) is 0 Å². The van der Waals surface area contributed by atoms with Crippen LogP contribution in [0.25, 0.3) is 0 Å². The number of carbonyl (C=O) groups is 1. The van der Waals surface area contributed by atoms with E-state index in [-0.39, 0.29) is 5.91 Å². The van der Waals surface area contributed by atoms with Crippen molar-refractivity contribution in [3.8, 4) is 0 Å². The van der Waals surface area contributed by atoms with Crippen LogP contribution >= 0.6 is 0 Å². The highest BCUT2D eigenvalue weighted by Crippen LogP contribution is 2.19. The first-order valence-corrected chi connectivity index (χ1v) is 6.12. The minimum Gasteiger partial charge on any atom is -0.388 e. The summed E-state index contributed by atoms with van der Waals surface area (Å²) < 4.78 is 5.18. The van der Waals surface area contributed by atoms with Gasteiger partial charge in [-0.15, -0.1) is 0 Å². The zero-order valence-corrected chi connectivity index (χ0v) is 10.3. The highest BCUT2D eigenvalue weighted by molar-refractivity contribution is 5.76. The molecule has 1 aliphatic heterocycles. The first-order chi connectivity index (χ1) is 7.56. The molecule has 1 heterocycles. The second kappa shape index (κ2) is 6.21. The molecule has 1 rings (SSSR count). The number of rotatable bonds is 5. The number of ether oxygens (including phenoxy) is 1. The summed E-state index contributed by atoms with van der Waals surface area (Å²) in [5, 5.41) is 12.9. The van der Waals surface area contributed by atoms with Crippen LogP contribution < -0.4 is 5.32 Å². The summed E-state index contributed by atoms with van der Waals surface area (Å²) >= 11 is 0. The largest absolute Gasteiger partial charge is 0.388 e. The van der Waals surface area contributed by atoms with Gasteiger partial charge in [-0.05, 0) is 5.92 Å². The first-order valence-electron chi connectivity index (χ1n) is 6.12. The van der Waals surface area contributed by atoms with Crippen molar-refractivity contribution in [3.63, 3.8) is 0 Å². The minimum absolute atomic E-state index is 0.0364. The van der Waals surface area contributed by atoms with Gasteiger partial charge in [0, 0.05) is 39.0 Å². The molecule has 0 radical (unpaired) electrons. The van der Waals surface area contributed by atoms with Gasteiger partial charge < -0.3 is 15.2 Å². The van der Waals surface area contributed by atoms with Gasteiger partial charge in [-0.2, -0.15) is 0 Å². The molecule has 0 aliphatic carbocycles. The van der Waals surface area contributed by atoms with E-state index in [2.05, 4.69) is 19.2 Å². The van der Waals surface area contributed by atoms with E-state index in [4.69, 9.17) is 4.74 Å². The topological polar surface area (TPSA) is 58.6 Å². The summed E-state index contributed by atoms with van der Waals surface area (Å²) in [5.41, 5.74) is -0.761. The molecule has 4 nitrogen and oxygen atoms in total. The van der Waals surface area contributed by atoms with Gasteiger partial charge in [-0.3, -0.25) is 4.79 Å². The molecular weight excluding hydrogens is 206 g/mol. The fraction of sp³-hybridized carbons (Fsp3) is 0.917. The zero-order valence-electron chi connectivity index (χ0n) is 10.3. The van der Waals surface area contributed by atoms with Crippen LogP contribution in [0, 0.1) is 5.92 Å². The van der Waals surface area contributed by atoms with E-state index in [0.29, 0.717) is 44.9 Å². The lowest BCUT2D eigenvalue weighted by atomic mass is 9.94. The Bertz CT molecular complexity index is 224. The predicted octanol–water partition coefficient (Wildman–Crippen LogP) is 1.08. The van der Waals surface area contributed by atoms with Gasteiger partial charge in [-0.25, -0.2) is 0 Å². The third-order valence-electron chi connectivity index (χ3n) is 3.27. The molecule has 1 amide bonds. The van der Waals surface area contributed by atoms with E-state index in [0.717, 1.165) is 6.42 Å². The maximum Gasteiger partial charge on any atom is 0.220 e. The summed E-state index contributed by atoms with van der Waals surface area (Å²) in [5.74, 6) is 0.443. The summed E-state index contributed by atoms with van der Waals surface area (Å²) in [7, 11) is 0. The molecule has 0 spiro atoms. The highest BCUT2D eigenvalue weighted by atomic mass is 16.5. The van der Waals surface area contributed by atoms with E-state index in [1.165, 1.54) is 0 Å². The lowest BCUT2D eigenvalue weighted by Crippen LogP contribution is -2.46. The number of amides is 1. The number of hydrogen-bond donors (Lipinski definition) is 2. The number of hydrogen-bond acceptors (Lipinski definition) is 3. The van der Waals surface area contributed by atoms with E-state index in [1.807, 2.05) is 0 Å². The molecule has 0 aromatic heterocycles. The number of aliphatic hydroxyl groups is 1. The molecule has 0 aromatic carbocycles. The molecule has 0 saturated carbocycles. The van der Waals surface area contributed by atoms with Crippen molar-refractivity contribution in [1.82, 2.24) is 5.32 Å². The third kappa shape index (κ3) is 4.49. The van der Waals surface area contributed by atoms with E-state index in [1.54, 1.807) is 0 Å². The Balaban J connectivity index is 2.24. The second-order valence-corrected chi connectivity index (χ2v) is 4.83. The normalized spacial score (nSPS) is 21.4. The van der Waals surface area contributed by atoms with Crippen molar-refractivity contribution >= 4 is 5.91 Å². The molecule has 94 valence electrons. The van der Waals surface area contributed by atoms with Gasteiger partial charge in [0.2, 0.25) is 5.91 Å². The Kier molecular flexibility index (Phi) is 5.22. The molecular formula is C12H23NO3. The van der Waals surface area contributed by atoms with Crippen molar-refractivity contribution in [3.05, 3.63) is 0 Å². The Morgan fingerprint density at radius 2 is 2.12 bits per heavy atom. The van der Waals surface area contributed by atoms with Crippen LogP contribution in [0.5, 0.6) is 0 Å². The standard InChI is InChI=1S/C12H23NO3/c1-3-10(2)8-11(14)13-9-12(15)4-6-16-7-5-12/h10,15H,3-9H2,1-2H3,(H,13,14). The van der Waals surface area contributed by atoms with Gasteiger partial charge in [-0.1, -0.05) is 20.3 Å². The summed E-state index contributed by atoms with van der Waals surface area (Å²) in [6, 6.07) is 0. The maximum absolute atomic E-state index is 11.5. The Morgan fingerprint density at radius 1 is 1.50 bits per heavy atom. The third-order valence-corrected chi connectivity index (χ3v) is 3.27. The second-order valence-electron chi connectivity index (χ2n) is 4.83. The van der Waals surface area contributed by atoms with Crippen molar-refractivity contribution in [2.45, 2.75) is 45.1 Å².